The van der Waals surface area contributed by atoms with Crippen LogP contribution in [-0.4, -0.2) is 28.9 Å². The molecular weight excluding hydrogens is 484 g/mol. The van der Waals surface area contributed by atoms with Gasteiger partial charge in [0, 0.05) is 57.4 Å². The van der Waals surface area contributed by atoms with Gasteiger partial charge in [-0.1, -0.05) is 67.9 Å². The fourth-order valence-electron chi connectivity index (χ4n) is 5.99. The van der Waals surface area contributed by atoms with Gasteiger partial charge in [0.1, 0.15) is 17.0 Å². The molecule has 1 aliphatic heterocycles. The van der Waals surface area contributed by atoms with Crippen LogP contribution in [0.3, 0.4) is 0 Å². The summed E-state index contributed by atoms with van der Waals surface area (Å²) < 4.78 is 0.973. The highest BCUT2D eigenvalue weighted by Crippen LogP contribution is 2.63. The summed E-state index contributed by atoms with van der Waals surface area (Å²) in [6.07, 6.45) is 0.818. The zero-order valence-electron chi connectivity index (χ0n) is 19.3. The minimum absolute atomic E-state index is 0.0406. The fraction of sp³-hybridized carbons (Fsp3) is 0.393. The Bertz CT molecular complexity index is 1160. The van der Waals surface area contributed by atoms with Crippen LogP contribution in [0.2, 0.25) is 5.02 Å². The standard InChI is InChI=1S/C28H27ClO3S2/c1-27(2)15-22(31)28(23(32)16-27)20(17-6-4-3-5-7-17)14-21(30)24(26-33-12-13-34-26)25(28)18-8-10-19(29)11-9-18/h3-11,20,25H,12-16H2,1-2H3/t20-,25-/m1/s1. The van der Waals surface area contributed by atoms with Crippen molar-refractivity contribution in [1.29, 1.82) is 0 Å². The van der Waals surface area contributed by atoms with Crippen LogP contribution in [0.25, 0.3) is 0 Å². The quantitative estimate of drug-likeness (QED) is 0.328. The van der Waals surface area contributed by atoms with Crippen molar-refractivity contribution in [2.45, 2.75) is 44.9 Å². The van der Waals surface area contributed by atoms with Gasteiger partial charge in [0.25, 0.3) is 0 Å². The molecule has 0 amide bonds. The van der Waals surface area contributed by atoms with Crippen LogP contribution in [0.15, 0.2) is 64.4 Å². The SMILES string of the molecule is CC1(C)CC(=O)C2(C(=O)C1)[C@@H](c1ccccc1)CC(=O)C(=C1SCCS1)[C@H]2c1ccc(Cl)cc1. The van der Waals surface area contributed by atoms with Crippen LogP contribution in [0.5, 0.6) is 0 Å². The topological polar surface area (TPSA) is 51.2 Å². The molecule has 5 rings (SSSR count). The number of thioether (sulfide) groups is 2. The van der Waals surface area contributed by atoms with E-state index in [1.54, 1.807) is 35.7 Å². The Hall–Kier alpha value is -1.82. The van der Waals surface area contributed by atoms with E-state index >= 15 is 0 Å². The second-order valence-electron chi connectivity index (χ2n) is 10.2. The van der Waals surface area contributed by atoms with Crippen molar-refractivity contribution in [2.24, 2.45) is 10.8 Å². The Balaban J connectivity index is 1.82. The molecule has 2 aromatic rings. The van der Waals surface area contributed by atoms with Crippen LogP contribution in [0.4, 0.5) is 0 Å². The van der Waals surface area contributed by atoms with Gasteiger partial charge in [0.15, 0.2) is 5.78 Å². The van der Waals surface area contributed by atoms with Crippen LogP contribution in [0.1, 0.15) is 56.1 Å². The van der Waals surface area contributed by atoms with Gasteiger partial charge in [0.2, 0.25) is 0 Å². The van der Waals surface area contributed by atoms with Gasteiger partial charge in [0.05, 0.1) is 0 Å². The molecule has 176 valence electrons. The highest BCUT2D eigenvalue weighted by atomic mass is 35.5. The molecule has 3 nitrogen and oxygen atoms in total. The van der Waals surface area contributed by atoms with Crippen LogP contribution in [0, 0.1) is 10.8 Å². The lowest BCUT2D eigenvalue weighted by molar-refractivity contribution is -0.153. The number of halogens is 1. The van der Waals surface area contributed by atoms with E-state index in [-0.39, 0.29) is 23.8 Å². The highest BCUT2D eigenvalue weighted by molar-refractivity contribution is 8.25. The first kappa shape index (κ1) is 23.9. The predicted molar refractivity (Wildman–Crippen MR) is 140 cm³/mol. The summed E-state index contributed by atoms with van der Waals surface area (Å²) in [5, 5.41) is 0.584. The Morgan fingerprint density at radius 3 is 2.00 bits per heavy atom. The minimum atomic E-state index is -1.30. The predicted octanol–water partition coefficient (Wildman–Crippen LogP) is 6.82. The van der Waals surface area contributed by atoms with E-state index in [9.17, 15) is 14.4 Å². The van der Waals surface area contributed by atoms with Crippen molar-refractivity contribution >= 4 is 52.5 Å². The summed E-state index contributed by atoms with van der Waals surface area (Å²) in [5.74, 6) is 0.714. The van der Waals surface area contributed by atoms with Crippen LogP contribution >= 0.6 is 35.1 Å². The van der Waals surface area contributed by atoms with Gasteiger partial charge in [-0.25, -0.2) is 0 Å². The van der Waals surface area contributed by atoms with E-state index in [1.807, 2.05) is 56.3 Å². The van der Waals surface area contributed by atoms with Gasteiger partial charge < -0.3 is 0 Å². The number of hydrogen-bond donors (Lipinski definition) is 0. The molecule has 0 bridgehead atoms. The first-order chi connectivity index (χ1) is 16.2. The van der Waals surface area contributed by atoms with Gasteiger partial charge >= 0.3 is 0 Å². The van der Waals surface area contributed by atoms with E-state index in [0.717, 1.165) is 26.9 Å². The van der Waals surface area contributed by atoms with E-state index in [0.29, 0.717) is 23.4 Å². The van der Waals surface area contributed by atoms with Crippen molar-refractivity contribution in [3.8, 4) is 0 Å². The molecule has 3 aliphatic rings. The summed E-state index contributed by atoms with van der Waals surface area (Å²) >= 11 is 9.57. The van der Waals surface area contributed by atoms with Gasteiger partial charge in [-0.2, -0.15) is 0 Å². The van der Waals surface area contributed by atoms with Crippen molar-refractivity contribution in [2.75, 3.05) is 11.5 Å². The summed E-state index contributed by atoms with van der Waals surface area (Å²) in [5.41, 5.74) is 0.660. The molecule has 3 fully saturated rings. The zero-order valence-corrected chi connectivity index (χ0v) is 21.7. The molecule has 34 heavy (non-hydrogen) atoms. The van der Waals surface area contributed by atoms with Crippen LogP contribution in [-0.2, 0) is 14.4 Å². The maximum Gasteiger partial charge on any atom is 0.161 e. The van der Waals surface area contributed by atoms with Crippen LogP contribution < -0.4 is 0 Å². The molecule has 0 radical (unpaired) electrons. The lowest BCUT2D eigenvalue weighted by atomic mass is 9.47. The average molecular weight is 511 g/mol. The average Bonchev–Trinajstić information content (AvgIpc) is 3.32. The largest absolute Gasteiger partial charge is 0.299 e. The third kappa shape index (κ3) is 3.90. The molecular formula is C28H27ClO3S2. The number of benzene rings is 2. The zero-order chi connectivity index (χ0) is 24.1. The normalized spacial score (nSPS) is 26.4. The molecule has 6 heteroatoms. The third-order valence-electron chi connectivity index (χ3n) is 7.36. The van der Waals surface area contributed by atoms with Gasteiger partial charge in [-0.15, -0.1) is 23.5 Å². The number of ketones is 3. The summed E-state index contributed by atoms with van der Waals surface area (Å²) in [4.78, 5) is 42.5. The maximum atomic E-state index is 14.3. The summed E-state index contributed by atoms with van der Waals surface area (Å²) in [7, 11) is 0. The Kier molecular flexibility index (Phi) is 6.33. The Morgan fingerprint density at radius 2 is 1.41 bits per heavy atom. The highest BCUT2D eigenvalue weighted by Gasteiger charge is 2.65. The third-order valence-corrected chi connectivity index (χ3v) is 10.4. The van der Waals surface area contributed by atoms with Crippen molar-refractivity contribution in [3.63, 3.8) is 0 Å². The summed E-state index contributed by atoms with van der Waals surface area (Å²) in [6.45, 7) is 3.97. The van der Waals surface area contributed by atoms with Crippen molar-refractivity contribution in [1.82, 2.24) is 0 Å². The van der Waals surface area contributed by atoms with Crippen molar-refractivity contribution < 1.29 is 14.4 Å². The monoisotopic (exact) mass is 510 g/mol. The second kappa shape index (κ2) is 9.00. The van der Waals surface area contributed by atoms with E-state index in [1.165, 1.54) is 0 Å². The van der Waals surface area contributed by atoms with Gasteiger partial charge in [-0.05, 0) is 28.7 Å². The lowest BCUT2D eigenvalue weighted by Crippen LogP contribution is -2.58. The number of hydrogen-bond acceptors (Lipinski definition) is 5. The molecule has 0 unspecified atom stereocenters. The molecule has 1 heterocycles. The maximum absolute atomic E-state index is 14.3. The minimum Gasteiger partial charge on any atom is -0.299 e. The first-order valence-electron chi connectivity index (χ1n) is 11.6. The van der Waals surface area contributed by atoms with E-state index in [2.05, 4.69) is 0 Å². The molecule has 2 aromatic carbocycles. The smallest absolute Gasteiger partial charge is 0.161 e. The lowest BCUT2D eigenvalue weighted by Gasteiger charge is -2.52. The Labute approximate surface area is 214 Å². The first-order valence-corrected chi connectivity index (χ1v) is 14.0. The molecule has 1 spiro atoms. The number of Topliss-reactive ketones (excluding diaryl/α,β-unsaturated/α-hetero) is 3. The molecule has 2 aliphatic carbocycles. The number of allylic oxidation sites excluding steroid dienone is 1. The molecule has 2 saturated carbocycles. The second-order valence-corrected chi connectivity index (χ2v) is 13.1. The molecule has 2 atom stereocenters. The molecule has 0 aromatic heterocycles. The Morgan fingerprint density at radius 1 is 0.824 bits per heavy atom. The van der Waals surface area contributed by atoms with Gasteiger partial charge in [-0.3, -0.25) is 14.4 Å². The van der Waals surface area contributed by atoms with E-state index in [4.69, 9.17) is 11.6 Å². The van der Waals surface area contributed by atoms with Crippen molar-refractivity contribution in [3.05, 3.63) is 80.6 Å². The number of carbonyl (C=O) groups is 3. The fourth-order valence-corrected chi connectivity index (χ4v) is 8.76. The number of rotatable bonds is 2. The summed E-state index contributed by atoms with van der Waals surface area (Å²) in [6, 6.07) is 17.0. The molecule has 1 saturated heterocycles. The van der Waals surface area contributed by atoms with E-state index < -0.39 is 22.7 Å². The molecule has 0 N–H and O–H groups in total. The number of carbonyl (C=O) groups excluding carboxylic acids is 3.